The third kappa shape index (κ3) is 4.16. The Morgan fingerprint density at radius 3 is 2.31 bits per heavy atom. The molecule has 7 heteroatoms. The van der Waals surface area contributed by atoms with Gasteiger partial charge in [0.05, 0.1) is 6.07 Å². The van der Waals surface area contributed by atoms with Gasteiger partial charge in [-0.25, -0.2) is 8.78 Å². The molecule has 0 aromatic rings. The van der Waals surface area contributed by atoms with Crippen LogP contribution in [0.25, 0.3) is 0 Å². The van der Waals surface area contributed by atoms with Crippen LogP contribution in [0.3, 0.4) is 0 Å². The van der Waals surface area contributed by atoms with Crippen LogP contribution in [-0.2, 0) is 9.59 Å². The van der Waals surface area contributed by atoms with Crippen LogP contribution in [0, 0.1) is 28.6 Å². The summed E-state index contributed by atoms with van der Waals surface area (Å²) in [5, 5.41) is 14.6. The first-order valence-corrected chi connectivity index (χ1v) is 9.71. The monoisotopic (exact) mass is 367 g/mol. The molecule has 0 heterocycles. The van der Waals surface area contributed by atoms with Crippen molar-refractivity contribution in [2.24, 2.45) is 17.3 Å². The van der Waals surface area contributed by atoms with E-state index in [1.165, 1.54) is 0 Å². The normalized spacial score (nSPS) is 35.8. The molecule has 3 atom stereocenters. The zero-order valence-electron chi connectivity index (χ0n) is 15.0. The summed E-state index contributed by atoms with van der Waals surface area (Å²) >= 11 is 0. The van der Waals surface area contributed by atoms with Gasteiger partial charge in [0.1, 0.15) is 17.8 Å². The molecule has 3 aliphatic rings. The average molecular weight is 367 g/mol. The van der Waals surface area contributed by atoms with Crippen molar-refractivity contribution in [2.75, 3.05) is 6.54 Å². The molecule has 3 rings (SSSR count). The van der Waals surface area contributed by atoms with Crippen molar-refractivity contribution in [1.29, 1.82) is 5.26 Å². The van der Waals surface area contributed by atoms with Crippen LogP contribution in [0.15, 0.2) is 0 Å². The number of amides is 2. The Hall–Kier alpha value is -1.71. The van der Waals surface area contributed by atoms with Crippen molar-refractivity contribution in [2.45, 2.75) is 76.2 Å². The Bertz CT molecular complexity index is 580. The smallest absolute Gasteiger partial charge is 0.235 e. The van der Waals surface area contributed by atoms with Gasteiger partial charge in [-0.3, -0.25) is 9.59 Å². The Morgan fingerprint density at radius 2 is 1.73 bits per heavy atom. The first-order chi connectivity index (χ1) is 12.4. The second kappa shape index (κ2) is 7.89. The van der Waals surface area contributed by atoms with Crippen molar-refractivity contribution < 1.29 is 18.4 Å². The number of alkyl halides is 2. The number of carbonyl (C=O) groups excluding carboxylic acids is 2. The lowest BCUT2D eigenvalue weighted by Gasteiger charge is -2.29. The lowest BCUT2D eigenvalue weighted by molar-refractivity contribution is -0.138. The highest BCUT2D eigenvalue weighted by atomic mass is 19.1. The lowest BCUT2D eigenvalue weighted by atomic mass is 9.81. The molecule has 3 saturated carbocycles. The lowest BCUT2D eigenvalue weighted by Crippen LogP contribution is -2.48. The molecule has 0 radical (unpaired) electrons. The molecule has 0 aliphatic heterocycles. The second-order valence-electron chi connectivity index (χ2n) is 8.13. The van der Waals surface area contributed by atoms with Crippen LogP contribution >= 0.6 is 0 Å². The zero-order valence-corrected chi connectivity index (χ0v) is 15.0. The highest BCUT2D eigenvalue weighted by Crippen LogP contribution is 2.46. The third-order valence-corrected chi connectivity index (χ3v) is 6.23. The molecule has 0 spiro atoms. The molecule has 3 fully saturated rings. The summed E-state index contributed by atoms with van der Waals surface area (Å²) in [7, 11) is 0. The van der Waals surface area contributed by atoms with Crippen LogP contribution in [-0.4, -0.2) is 36.7 Å². The van der Waals surface area contributed by atoms with Gasteiger partial charge in [0, 0.05) is 24.4 Å². The van der Waals surface area contributed by atoms with E-state index >= 15 is 0 Å². The van der Waals surface area contributed by atoms with Crippen LogP contribution in [0.4, 0.5) is 8.78 Å². The molecule has 3 aliphatic carbocycles. The Kier molecular flexibility index (Phi) is 5.79. The Morgan fingerprint density at radius 1 is 1.04 bits per heavy atom. The summed E-state index contributed by atoms with van der Waals surface area (Å²) in [4.78, 5) is 25.1. The van der Waals surface area contributed by atoms with E-state index in [9.17, 15) is 18.4 Å². The maximum atomic E-state index is 14.1. The van der Waals surface area contributed by atoms with E-state index in [0.29, 0.717) is 51.4 Å². The van der Waals surface area contributed by atoms with Gasteiger partial charge < -0.3 is 10.6 Å². The van der Waals surface area contributed by atoms with E-state index in [1.807, 2.05) is 0 Å². The molecule has 0 saturated heterocycles. The number of hydrogen-bond acceptors (Lipinski definition) is 3. The Labute approximate surface area is 152 Å². The van der Waals surface area contributed by atoms with Gasteiger partial charge in [0.15, 0.2) is 0 Å². The highest BCUT2D eigenvalue weighted by molar-refractivity contribution is 6.07. The number of nitrogens with one attached hydrogen (secondary N) is 2. The summed E-state index contributed by atoms with van der Waals surface area (Å²) in [6, 6.07) is 2.05. The molecule has 0 aromatic heterocycles. The van der Waals surface area contributed by atoms with Crippen molar-refractivity contribution in [1.82, 2.24) is 10.6 Å². The van der Waals surface area contributed by atoms with Crippen molar-refractivity contribution >= 4 is 11.8 Å². The first kappa shape index (κ1) is 19.1. The molecule has 2 amide bonds. The van der Waals surface area contributed by atoms with E-state index < -0.39 is 17.8 Å². The van der Waals surface area contributed by atoms with Gasteiger partial charge in [0.25, 0.3) is 0 Å². The minimum atomic E-state index is -1.09. The predicted molar refractivity (Wildman–Crippen MR) is 91.3 cm³/mol. The summed E-state index contributed by atoms with van der Waals surface area (Å²) in [6.07, 6.45) is 2.70. The summed E-state index contributed by atoms with van der Waals surface area (Å²) in [6.45, 7) is 0.208. The highest BCUT2D eigenvalue weighted by Gasteiger charge is 2.56. The molecular weight excluding hydrogens is 340 g/mol. The maximum absolute atomic E-state index is 14.1. The molecule has 3 unspecified atom stereocenters. The fraction of sp³-hybridized carbons (Fsp3) is 0.842. The standard InChI is InChI=1S/C19H27F2N3O2/c20-14-3-5-15(6-4-14)24-18(26)19(7-8-19)17(25)23-11-13-2-1-12(10-22)9-16(13)21/h12-16H,1-9,11H2,(H,23,25)(H,24,26). The van der Waals surface area contributed by atoms with Gasteiger partial charge in [-0.05, 0) is 57.8 Å². The summed E-state index contributed by atoms with van der Waals surface area (Å²) in [5.41, 5.74) is -1.03. The summed E-state index contributed by atoms with van der Waals surface area (Å²) in [5.74, 6) is -1.13. The summed E-state index contributed by atoms with van der Waals surface area (Å²) < 4.78 is 27.3. The molecule has 26 heavy (non-hydrogen) atoms. The molecule has 2 N–H and O–H groups in total. The predicted octanol–water partition coefficient (Wildman–Crippen LogP) is 2.56. The molecule has 144 valence electrons. The minimum Gasteiger partial charge on any atom is -0.355 e. The van der Waals surface area contributed by atoms with E-state index in [2.05, 4.69) is 16.7 Å². The van der Waals surface area contributed by atoms with E-state index in [-0.39, 0.29) is 42.7 Å². The van der Waals surface area contributed by atoms with Crippen LogP contribution in [0.2, 0.25) is 0 Å². The quantitative estimate of drug-likeness (QED) is 0.733. The topological polar surface area (TPSA) is 82.0 Å². The SMILES string of the molecule is N#CC1CCC(CNC(=O)C2(C(=O)NC3CCC(F)CC3)CC2)C(F)C1. The number of nitriles is 1. The number of halogens is 2. The molecular formula is C19H27F2N3O2. The van der Waals surface area contributed by atoms with Gasteiger partial charge in [0.2, 0.25) is 11.8 Å². The fourth-order valence-corrected chi connectivity index (χ4v) is 4.12. The van der Waals surface area contributed by atoms with Crippen molar-refractivity contribution in [3.8, 4) is 6.07 Å². The van der Waals surface area contributed by atoms with E-state index in [4.69, 9.17) is 5.26 Å². The van der Waals surface area contributed by atoms with Gasteiger partial charge in [-0.1, -0.05) is 0 Å². The number of carbonyl (C=O) groups is 2. The van der Waals surface area contributed by atoms with Crippen molar-refractivity contribution in [3.63, 3.8) is 0 Å². The molecule has 5 nitrogen and oxygen atoms in total. The van der Waals surface area contributed by atoms with E-state index in [0.717, 1.165) is 0 Å². The fourth-order valence-electron chi connectivity index (χ4n) is 4.12. The zero-order chi connectivity index (χ0) is 18.7. The van der Waals surface area contributed by atoms with Gasteiger partial charge in [-0.2, -0.15) is 5.26 Å². The third-order valence-electron chi connectivity index (χ3n) is 6.23. The van der Waals surface area contributed by atoms with E-state index in [1.54, 1.807) is 0 Å². The Balaban J connectivity index is 1.46. The maximum Gasteiger partial charge on any atom is 0.235 e. The van der Waals surface area contributed by atoms with Crippen LogP contribution < -0.4 is 10.6 Å². The van der Waals surface area contributed by atoms with Gasteiger partial charge in [-0.15, -0.1) is 0 Å². The number of hydrogen-bond donors (Lipinski definition) is 2. The van der Waals surface area contributed by atoms with Crippen LogP contribution in [0.5, 0.6) is 0 Å². The molecule has 0 aromatic carbocycles. The second-order valence-corrected chi connectivity index (χ2v) is 8.13. The molecule has 0 bridgehead atoms. The average Bonchev–Trinajstić information content (AvgIpc) is 3.44. The largest absolute Gasteiger partial charge is 0.355 e. The first-order valence-electron chi connectivity index (χ1n) is 9.71. The number of nitrogens with zero attached hydrogens (tertiary/aromatic N) is 1. The van der Waals surface area contributed by atoms with Crippen LogP contribution in [0.1, 0.15) is 57.8 Å². The number of rotatable bonds is 5. The minimum absolute atomic E-state index is 0.0590. The van der Waals surface area contributed by atoms with Crippen molar-refractivity contribution in [3.05, 3.63) is 0 Å². The van der Waals surface area contributed by atoms with Gasteiger partial charge >= 0.3 is 0 Å².